The Morgan fingerprint density at radius 1 is 1.38 bits per heavy atom. The Kier molecular flexibility index (Phi) is 5.79. The number of oxazole rings is 1. The number of benzene rings is 1. The molecule has 0 saturated heterocycles. The SMILES string of the molecule is CC(C)N(CCCO)Cc1coc(-c2cccc(Cl)c2)n1. The molecule has 0 unspecified atom stereocenters. The van der Waals surface area contributed by atoms with Gasteiger partial charge in [0.25, 0.3) is 0 Å². The van der Waals surface area contributed by atoms with Crippen LogP contribution in [0.5, 0.6) is 0 Å². The molecule has 2 aromatic rings. The summed E-state index contributed by atoms with van der Waals surface area (Å²) in [4.78, 5) is 6.78. The van der Waals surface area contributed by atoms with Crippen molar-refractivity contribution in [2.45, 2.75) is 32.9 Å². The quantitative estimate of drug-likeness (QED) is 0.849. The zero-order valence-corrected chi connectivity index (χ0v) is 13.2. The molecule has 21 heavy (non-hydrogen) atoms. The minimum Gasteiger partial charge on any atom is -0.444 e. The van der Waals surface area contributed by atoms with Crippen LogP contribution in [0, 0.1) is 0 Å². The first kappa shape index (κ1) is 16.0. The van der Waals surface area contributed by atoms with Crippen molar-refractivity contribution >= 4 is 11.6 Å². The Balaban J connectivity index is 2.08. The fourth-order valence-electron chi connectivity index (χ4n) is 2.14. The largest absolute Gasteiger partial charge is 0.444 e. The fourth-order valence-corrected chi connectivity index (χ4v) is 2.33. The number of halogens is 1. The third-order valence-electron chi connectivity index (χ3n) is 3.32. The van der Waals surface area contributed by atoms with E-state index in [1.54, 1.807) is 6.26 Å². The van der Waals surface area contributed by atoms with E-state index in [1.807, 2.05) is 24.3 Å². The molecule has 2 rings (SSSR count). The van der Waals surface area contributed by atoms with Crippen molar-refractivity contribution in [2.75, 3.05) is 13.2 Å². The average Bonchev–Trinajstić information content (AvgIpc) is 2.91. The number of aliphatic hydroxyl groups excluding tert-OH is 1. The third-order valence-corrected chi connectivity index (χ3v) is 3.56. The standard InChI is InChI=1S/C16H21ClN2O2/c1-12(2)19(7-4-8-20)10-15-11-21-16(18-15)13-5-3-6-14(17)9-13/h3,5-6,9,11-12,20H,4,7-8,10H2,1-2H3. The van der Waals surface area contributed by atoms with Crippen LogP contribution >= 0.6 is 11.6 Å². The molecule has 4 nitrogen and oxygen atoms in total. The van der Waals surface area contributed by atoms with E-state index in [2.05, 4.69) is 23.7 Å². The molecule has 0 aliphatic heterocycles. The molecular formula is C16H21ClN2O2. The lowest BCUT2D eigenvalue weighted by Gasteiger charge is -2.24. The van der Waals surface area contributed by atoms with Crippen molar-refractivity contribution in [3.8, 4) is 11.5 Å². The number of aliphatic hydroxyl groups is 1. The monoisotopic (exact) mass is 308 g/mol. The number of rotatable bonds is 7. The van der Waals surface area contributed by atoms with Gasteiger partial charge in [0.1, 0.15) is 6.26 Å². The highest BCUT2D eigenvalue weighted by Crippen LogP contribution is 2.22. The van der Waals surface area contributed by atoms with Gasteiger partial charge in [0.05, 0.1) is 5.69 Å². The van der Waals surface area contributed by atoms with E-state index in [0.29, 0.717) is 23.5 Å². The van der Waals surface area contributed by atoms with Gasteiger partial charge in [-0.3, -0.25) is 4.90 Å². The Morgan fingerprint density at radius 3 is 2.86 bits per heavy atom. The summed E-state index contributed by atoms with van der Waals surface area (Å²) >= 11 is 5.98. The first-order valence-electron chi connectivity index (χ1n) is 7.15. The van der Waals surface area contributed by atoms with E-state index in [-0.39, 0.29) is 6.61 Å². The Hall–Kier alpha value is -1.36. The third kappa shape index (κ3) is 4.56. The molecule has 1 N–H and O–H groups in total. The van der Waals surface area contributed by atoms with E-state index >= 15 is 0 Å². The van der Waals surface area contributed by atoms with Crippen LogP contribution in [0.1, 0.15) is 26.0 Å². The Morgan fingerprint density at radius 2 is 2.19 bits per heavy atom. The maximum atomic E-state index is 8.97. The van der Waals surface area contributed by atoms with Crippen molar-refractivity contribution < 1.29 is 9.52 Å². The van der Waals surface area contributed by atoms with Gasteiger partial charge in [-0.05, 0) is 38.5 Å². The molecule has 114 valence electrons. The van der Waals surface area contributed by atoms with Crippen LogP contribution in [0.15, 0.2) is 34.9 Å². The normalized spacial score (nSPS) is 11.5. The lowest BCUT2D eigenvalue weighted by Crippen LogP contribution is -2.31. The minimum atomic E-state index is 0.204. The number of hydrogen-bond acceptors (Lipinski definition) is 4. The molecule has 5 heteroatoms. The highest BCUT2D eigenvalue weighted by Gasteiger charge is 2.13. The van der Waals surface area contributed by atoms with Crippen molar-refractivity contribution in [3.63, 3.8) is 0 Å². The van der Waals surface area contributed by atoms with Crippen LogP contribution in [-0.4, -0.2) is 34.2 Å². The van der Waals surface area contributed by atoms with Crippen LogP contribution in [0.2, 0.25) is 5.02 Å². The molecule has 1 aromatic heterocycles. The van der Waals surface area contributed by atoms with E-state index in [9.17, 15) is 0 Å². The summed E-state index contributed by atoms with van der Waals surface area (Å²) in [6.45, 7) is 6.02. The van der Waals surface area contributed by atoms with Crippen molar-refractivity contribution in [1.29, 1.82) is 0 Å². The Labute approximate surface area is 130 Å². The second kappa shape index (κ2) is 7.59. The molecule has 0 fully saturated rings. The second-order valence-electron chi connectivity index (χ2n) is 5.30. The molecule has 0 spiro atoms. The summed E-state index contributed by atoms with van der Waals surface area (Å²) in [5, 5.41) is 9.63. The first-order chi connectivity index (χ1) is 10.1. The maximum absolute atomic E-state index is 8.97. The van der Waals surface area contributed by atoms with Crippen LogP contribution in [0.4, 0.5) is 0 Å². The molecular weight excluding hydrogens is 288 g/mol. The smallest absolute Gasteiger partial charge is 0.226 e. The molecule has 0 aliphatic rings. The lowest BCUT2D eigenvalue weighted by molar-refractivity contribution is 0.183. The summed E-state index contributed by atoms with van der Waals surface area (Å²) in [6, 6.07) is 7.85. The summed E-state index contributed by atoms with van der Waals surface area (Å²) in [5.41, 5.74) is 1.76. The zero-order chi connectivity index (χ0) is 15.2. The van der Waals surface area contributed by atoms with Gasteiger partial charge < -0.3 is 9.52 Å². The van der Waals surface area contributed by atoms with E-state index < -0.39 is 0 Å². The lowest BCUT2D eigenvalue weighted by atomic mass is 10.2. The van der Waals surface area contributed by atoms with Gasteiger partial charge in [0.15, 0.2) is 0 Å². The summed E-state index contributed by atoms with van der Waals surface area (Å²) in [7, 11) is 0. The predicted octanol–water partition coefficient (Wildman–Crippen LogP) is 3.59. The molecule has 0 bridgehead atoms. The molecule has 0 atom stereocenters. The van der Waals surface area contributed by atoms with Gasteiger partial charge in [0, 0.05) is 36.3 Å². The molecule has 0 amide bonds. The number of nitrogens with zero attached hydrogens (tertiary/aromatic N) is 2. The van der Waals surface area contributed by atoms with Gasteiger partial charge in [-0.1, -0.05) is 17.7 Å². The highest BCUT2D eigenvalue weighted by molar-refractivity contribution is 6.30. The fraction of sp³-hybridized carbons (Fsp3) is 0.438. The van der Waals surface area contributed by atoms with E-state index in [0.717, 1.165) is 24.2 Å². The highest BCUT2D eigenvalue weighted by atomic mass is 35.5. The van der Waals surface area contributed by atoms with Gasteiger partial charge >= 0.3 is 0 Å². The van der Waals surface area contributed by atoms with Crippen molar-refractivity contribution in [2.24, 2.45) is 0 Å². The summed E-state index contributed by atoms with van der Waals surface area (Å²) < 4.78 is 5.54. The molecule has 0 aliphatic carbocycles. The molecule has 0 radical (unpaired) electrons. The van der Waals surface area contributed by atoms with Gasteiger partial charge in [-0.15, -0.1) is 0 Å². The van der Waals surface area contributed by atoms with Crippen LogP contribution in [-0.2, 0) is 6.54 Å². The minimum absolute atomic E-state index is 0.204. The van der Waals surface area contributed by atoms with Crippen LogP contribution in [0.25, 0.3) is 11.5 Å². The van der Waals surface area contributed by atoms with E-state index in [1.165, 1.54) is 0 Å². The van der Waals surface area contributed by atoms with Crippen LogP contribution in [0.3, 0.4) is 0 Å². The predicted molar refractivity (Wildman–Crippen MR) is 84.2 cm³/mol. The van der Waals surface area contributed by atoms with Crippen molar-refractivity contribution in [3.05, 3.63) is 41.2 Å². The van der Waals surface area contributed by atoms with E-state index in [4.69, 9.17) is 21.1 Å². The molecule has 1 heterocycles. The number of aromatic nitrogens is 1. The average molecular weight is 309 g/mol. The second-order valence-corrected chi connectivity index (χ2v) is 5.73. The topological polar surface area (TPSA) is 49.5 Å². The first-order valence-corrected chi connectivity index (χ1v) is 7.53. The molecule has 0 saturated carbocycles. The van der Waals surface area contributed by atoms with Gasteiger partial charge in [-0.2, -0.15) is 0 Å². The van der Waals surface area contributed by atoms with Gasteiger partial charge in [0.2, 0.25) is 5.89 Å². The van der Waals surface area contributed by atoms with Crippen molar-refractivity contribution in [1.82, 2.24) is 9.88 Å². The van der Waals surface area contributed by atoms with Gasteiger partial charge in [-0.25, -0.2) is 4.98 Å². The summed E-state index contributed by atoms with van der Waals surface area (Å²) in [6.07, 6.45) is 2.45. The molecule has 1 aromatic carbocycles. The number of hydrogen-bond donors (Lipinski definition) is 1. The van der Waals surface area contributed by atoms with Crippen LogP contribution < -0.4 is 0 Å². The Bertz CT molecular complexity index is 569. The zero-order valence-electron chi connectivity index (χ0n) is 12.4. The summed E-state index contributed by atoms with van der Waals surface area (Å²) in [5.74, 6) is 0.582. The maximum Gasteiger partial charge on any atom is 0.226 e.